The molecule has 0 aromatic rings. The van der Waals surface area contributed by atoms with E-state index in [2.05, 4.69) is 0 Å². The first-order valence-corrected chi connectivity index (χ1v) is 6.25. The minimum absolute atomic E-state index is 0.0420. The molecule has 100 valence electrons. The Labute approximate surface area is 103 Å². The van der Waals surface area contributed by atoms with Gasteiger partial charge in [0.2, 0.25) is 0 Å². The van der Waals surface area contributed by atoms with E-state index in [4.69, 9.17) is 15.2 Å². The lowest BCUT2D eigenvalue weighted by molar-refractivity contribution is -0.145. The first-order chi connectivity index (χ1) is 8.10. The predicted octanol–water partition coefficient (Wildman–Crippen LogP) is 0.376. The van der Waals surface area contributed by atoms with Crippen molar-refractivity contribution in [3.8, 4) is 0 Å². The summed E-state index contributed by atoms with van der Waals surface area (Å²) in [7, 11) is 1.64. The van der Waals surface area contributed by atoms with Gasteiger partial charge in [-0.05, 0) is 26.7 Å². The average molecular weight is 244 g/mol. The Hall–Kier alpha value is -0.650. The normalized spacial score (nSPS) is 24.3. The van der Waals surface area contributed by atoms with Crippen molar-refractivity contribution in [2.45, 2.75) is 44.9 Å². The Morgan fingerprint density at radius 3 is 2.71 bits per heavy atom. The van der Waals surface area contributed by atoms with Crippen LogP contribution in [-0.2, 0) is 14.3 Å². The highest BCUT2D eigenvalue weighted by atomic mass is 16.5. The van der Waals surface area contributed by atoms with Gasteiger partial charge in [0, 0.05) is 26.2 Å². The third-order valence-electron chi connectivity index (χ3n) is 3.09. The number of carbonyl (C=O) groups excluding carboxylic acids is 1. The molecule has 0 aliphatic carbocycles. The summed E-state index contributed by atoms with van der Waals surface area (Å²) in [6, 6.07) is 0.165. The van der Waals surface area contributed by atoms with Gasteiger partial charge < -0.3 is 20.1 Å². The summed E-state index contributed by atoms with van der Waals surface area (Å²) in [6.45, 7) is 5.66. The second kappa shape index (κ2) is 6.93. The molecule has 1 saturated heterocycles. The molecule has 0 saturated carbocycles. The van der Waals surface area contributed by atoms with E-state index < -0.39 is 0 Å². The molecule has 0 spiro atoms. The number of methoxy groups -OCH3 is 1. The summed E-state index contributed by atoms with van der Waals surface area (Å²) in [5.41, 5.74) is 5.54. The van der Waals surface area contributed by atoms with Crippen molar-refractivity contribution in [1.29, 1.82) is 0 Å². The molecule has 1 heterocycles. The molecule has 0 aromatic heterocycles. The maximum atomic E-state index is 12.3. The molecule has 0 bridgehead atoms. The summed E-state index contributed by atoms with van der Waals surface area (Å²) in [6.07, 6.45) is 1.38. The SMILES string of the molecule is COCCN(C(=O)C1CCC(CN)O1)C(C)C. The second-order valence-corrected chi connectivity index (χ2v) is 4.68. The van der Waals surface area contributed by atoms with Gasteiger partial charge in [-0.1, -0.05) is 0 Å². The van der Waals surface area contributed by atoms with Crippen molar-refractivity contribution in [3.05, 3.63) is 0 Å². The molecule has 0 aromatic carbocycles. The lowest BCUT2D eigenvalue weighted by atomic mass is 10.1. The highest BCUT2D eigenvalue weighted by molar-refractivity contribution is 5.81. The van der Waals surface area contributed by atoms with Gasteiger partial charge in [-0.15, -0.1) is 0 Å². The van der Waals surface area contributed by atoms with Crippen molar-refractivity contribution >= 4 is 5.91 Å². The maximum absolute atomic E-state index is 12.3. The number of nitrogens with zero attached hydrogens (tertiary/aromatic N) is 1. The minimum atomic E-state index is -0.317. The van der Waals surface area contributed by atoms with E-state index in [-0.39, 0.29) is 24.2 Å². The number of hydrogen-bond donors (Lipinski definition) is 1. The Morgan fingerprint density at radius 1 is 1.53 bits per heavy atom. The van der Waals surface area contributed by atoms with Crippen LogP contribution in [0.25, 0.3) is 0 Å². The first-order valence-electron chi connectivity index (χ1n) is 6.25. The van der Waals surface area contributed by atoms with Crippen LogP contribution in [0.5, 0.6) is 0 Å². The van der Waals surface area contributed by atoms with Crippen LogP contribution in [0.4, 0.5) is 0 Å². The molecule has 2 atom stereocenters. The van der Waals surface area contributed by atoms with Crippen LogP contribution >= 0.6 is 0 Å². The quantitative estimate of drug-likeness (QED) is 0.733. The number of hydrogen-bond acceptors (Lipinski definition) is 4. The number of amides is 1. The summed E-state index contributed by atoms with van der Waals surface area (Å²) in [5, 5.41) is 0. The zero-order valence-corrected chi connectivity index (χ0v) is 11.0. The van der Waals surface area contributed by atoms with E-state index in [1.807, 2.05) is 18.7 Å². The van der Waals surface area contributed by atoms with Crippen LogP contribution in [0.3, 0.4) is 0 Å². The molecule has 1 rings (SSSR count). The van der Waals surface area contributed by atoms with Crippen molar-refractivity contribution in [1.82, 2.24) is 4.90 Å². The molecular weight excluding hydrogens is 220 g/mol. The topological polar surface area (TPSA) is 64.8 Å². The molecule has 1 fully saturated rings. The van der Waals surface area contributed by atoms with E-state index in [9.17, 15) is 4.79 Å². The fourth-order valence-electron chi connectivity index (χ4n) is 2.06. The Morgan fingerprint density at radius 2 is 2.24 bits per heavy atom. The summed E-state index contributed by atoms with van der Waals surface area (Å²) in [4.78, 5) is 14.1. The van der Waals surface area contributed by atoms with Gasteiger partial charge >= 0.3 is 0 Å². The third-order valence-corrected chi connectivity index (χ3v) is 3.09. The molecule has 5 heteroatoms. The molecular formula is C12H24N2O3. The van der Waals surface area contributed by atoms with Crippen LogP contribution < -0.4 is 5.73 Å². The summed E-state index contributed by atoms with van der Waals surface area (Å²) >= 11 is 0. The van der Waals surface area contributed by atoms with Crippen LogP contribution in [0.1, 0.15) is 26.7 Å². The molecule has 1 amide bonds. The van der Waals surface area contributed by atoms with Crippen LogP contribution in [0, 0.1) is 0 Å². The van der Waals surface area contributed by atoms with Gasteiger partial charge in [-0.3, -0.25) is 4.79 Å². The van der Waals surface area contributed by atoms with E-state index in [0.717, 1.165) is 12.8 Å². The van der Waals surface area contributed by atoms with Crippen LogP contribution in [0.2, 0.25) is 0 Å². The van der Waals surface area contributed by atoms with Gasteiger partial charge in [0.15, 0.2) is 0 Å². The minimum Gasteiger partial charge on any atom is -0.383 e. The van der Waals surface area contributed by atoms with Gasteiger partial charge in [-0.2, -0.15) is 0 Å². The molecule has 1 aliphatic rings. The zero-order chi connectivity index (χ0) is 12.8. The largest absolute Gasteiger partial charge is 0.383 e. The van der Waals surface area contributed by atoms with Gasteiger partial charge in [0.05, 0.1) is 12.7 Å². The van der Waals surface area contributed by atoms with Gasteiger partial charge in [-0.25, -0.2) is 0 Å². The van der Waals surface area contributed by atoms with Gasteiger partial charge in [0.25, 0.3) is 5.91 Å². The predicted molar refractivity (Wildman–Crippen MR) is 65.7 cm³/mol. The molecule has 0 radical (unpaired) electrons. The monoisotopic (exact) mass is 244 g/mol. The Bertz CT molecular complexity index is 246. The molecule has 17 heavy (non-hydrogen) atoms. The van der Waals surface area contributed by atoms with Crippen LogP contribution in [0.15, 0.2) is 0 Å². The fraction of sp³-hybridized carbons (Fsp3) is 0.917. The van der Waals surface area contributed by atoms with E-state index in [0.29, 0.717) is 19.7 Å². The number of carbonyl (C=O) groups is 1. The summed E-state index contributed by atoms with van der Waals surface area (Å²) < 4.78 is 10.6. The molecule has 2 N–H and O–H groups in total. The van der Waals surface area contributed by atoms with Crippen LogP contribution in [-0.4, -0.2) is 55.9 Å². The standard InChI is InChI=1S/C12H24N2O3/c1-9(2)14(6-7-16-3)12(15)11-5-4-10(8-13)17-11/h9-11H,4-8,13H2,1-3H3. The maximum Gasteiger partial charge on any atom is 0.252 e. The lowest BCUT2D eigenvalue weighted by Crippen LogP contribution is -2.45. The van der Waals surface area contributed by atoms with Crippen molar-refractivity contribution < 1.29 is 14.3 Å². The molecule has 2 unspecified atom stereocenters. The Kier molecular flexibility index (Phi) is 5.88. The number of ether oxygens (including phenoxy) is 2. The number of rotatable bonds is 6. The van der Waals surface area contributed by atoms with Gasteiger partial charge in [0.1, 0.15) is 6.10 Å². The Balaban J connectivity index is 2.53. The van der Waals surface area contributed by atoms with Crippen molar-refractivity contribution in [3.63, 3.8) is 0 Å². The van der Waals surface area contributed by atoms with E-state index in [1.165, 1.54) is 0 Å². The van der Waals surface area contributed by atoms with E-state index in [1.54, 1.807) is 7.11 Å². The highest BCUT2D eigenvalue weighted by Crippen LogP contribution is 2.21. The smallest absolute Gasteiger partial charge is 0.252 e. The second-order valence-electron chi connectivity index (χ2n) is 4.68. The number of nitrogens with two attached hydrogens (primary N) is 1. The molecule has 5 nitrogen and oxygen atoms in total. The zero-order valence-electron chi connectivity index (χ0n) is 11.0. The summed E-state index contributed by atoms with van der Waals surface area (Å²) in [5.74, 6) is 0.0630. The fourth-order valence-corrected chi connectivity index (χ4v) is 2.06. The average Bonchev–Trinajstić information content (AvgIpc) is 2.77. The third kappa shape index (κ3) is 3.94. The molecule has 1 aliphatic heterocycles. The first kappa shape index (κ1) is 14.4. The van der Waals surface area contributed by atoms with Crippen molar-refractivity contribution in [2.24, 2.45) is 5.73 Å². The lowest BCUT2D eigenvalue weighted by Gasteiger charge is -2.29. The van der Waals surface area contributed by atoms with E-state index >= 15 is 0 Å². The van der Waals surface area contributed by atoms with Crippen molar-refractivity contribution in [2.75, 3.05) is 26.8 Å². The highest BCUT2D eigenvalue weighted by Gasteiger charge is 2.33.